The third-order valence-corrected chi connectivity index (χ3v) is 5.06. The summed E-state index contributed by atoms with van der Waals surface area (Å²) in [6, 6.07) is 10.1. The van der Waals surface area contributed by atoms with Crippen molar-refractivity contribution in [3.63, 3.8) is 0 Å². The van der Waals surface area contributed by atoms with E-state index in [2.05, 4.69) is 18.7 Å². The smallest absolute Gasteiger partial charge is 0.0802 e. The predicted octanol–water partition coefficient (Wildman–Crippen LogP) is 6.35. The van der Waals surface area contributed by atoms with E-state index < -0.39 is 0 Å². The molecule has 0 unspecified atom stereocenters. The molecule has 0 aliphatic heterocycles. The van der Waals surface area contributed by atoms with Crippen LogP contribution in [0.1, 0.15) is 96.1 Å². The maximum Gasteiger partial charge on any atom is 0.0802 e. The minimum atomic E-state index is -0.330. The molecule has 1 aromatic rings. The van der Waals surface area contributed by atoms with Gasteiger partial charge in [0.2, 0.25) is 0 Å². The van der Waals surface area contributed by atoms with E-state index in [0.29, 0.717) is 0 Å². The van der Waals surface area contributed by atoms with E-state index in [-0.39, 0.29) is 6.10 Å². The molecule has 0 aliphatic rings. The molecule has 0 saturated carbocycles. The Hall–Kier alpha value is -0.860. The lowest BCUT2D eigenvalue weighted by Gasteiger charge is -2.24. The molecular weight excluding hydrogens is 306 g/mol. The molecular formula is C23H41NO. The van der Waals surface area contributed by atoms with Gasteiger partial charge in [0, 0.05) is 6.54 Å². The lowest BCUT2D eigenvalue weighted by atomic mass is 10.1. The van der Waals surface area contributed by atoms with Crippen molar-refractivity contribution in [2.24, 2.45) is 0 Å². The van der Waals surface area contributed by atoms with E-state index in [9.17, 15) is 5.11 Å². The second kappa shape index (κ2) is 15.4. The Morgan fingerprint density at radius 2 is 1.24 bits per heavy atom. The van der Waals surface area contributed by atoms with Crippen LogP contribution in [0.2, 0.25) is 0 Å². The molecule has 2 heteroatoms. The first kappa shape index (κ1) is 22.2. The summed E-state index contributed by atoms with van der Waals surface area (Å²) in [5, 5.41) is 10.4. The molecule has 1 rings (SSSR count). The Labute approximate surface area is 156 Å². The van der Waals surface area contributed by atoms with Crippen LogP contribution in [0.15, 0.2) is 30.3 Å². The minimum Gasteiger partial charge on any atom is -0.388 e. The zero-order chi connectivity index (χ0) is 18.2. The average Bonchev–Trinajstić information content (AvgIpc) is 2.65. The van der Waals surface area contributed by atoms with Crippen LogP contribution in [0.5, 0.6) is 0 Å². The Kier molecular flexibility index (Phi) is 13.7. The molecule has 2 nitrogen and oxygen atoms in total. The van der Waals surface area contributed by atoms with Crippen molar-refractivity contribution in [1.82, 2.24) is 4.90 Å². The van der Waals surface area contributed by atoms with Crippen LogP contribution >= 0.6 is 0 Å². The van der Waals surface area contributed by atoms with Gasteiger partial charge in [-0.3, -0.25) is 0 Å². The van der Waals surface area contributed by atoms with Crippen LogP contribution in [-0.2, 0) is 0 Å². The Morgan fingerprint density at radius 3 is 1.76 bits per heavy atom. The summed E-state index contributed by atoms with van der Waals surface area (Å²) in [4.78, 5) is 2.59. The van der Waals surface area contributed by atoms with Gasteiger partial charge in [-0.15, -0.1) is 0 Å². The van der Waals surface area contributed by atoms with Crippen LogP contribution in [0.25, 0.3) is 0 Å². The summed E-state index contributed by atoms with van der Waals surface area (Å²) in [5.41, 5.74) is 1.05. The highest BCUT2D eigenvalue weighted by molar-refractivity contribution is 5.17. The minimum absolute atomic E-state index is 0.330. The van der Waals surface area contributed by atoms with Gasteiger partial charge in [0.05, 0.1) is 6.10 Å². The third kappa shape index (κ3) is 11.4. The number of aliphatic hydroxyl groups excluding tert-OH is 1. The first-order valence-electron chi connectivity index (χ1n) is 10.7. The first-order chi connectivity index (χ1) is 12.3. The largest absolute Gasteiger partial charge is 0.388 e. The van der Waals surface area contributed by atoms with Crippen molar-refractivity contribution < 1.29 is 5.11 Å². The average molecular weight is 348 g/mol. The molecule has 144 valence electrons. The molecule has 0 amide bonds. The van der Waals surface area contributed by atoms with Crippen LogP contribution in [0, 0.1) is 0 Å². The van der Waals surface area contributed by atoms with Gasteiger partial charge in [0.1, 0.15) is 0 Å². The highest BCUT2D eigenvalue weighted by Gasteiger charge is 2.11. The molecule has 0 spiro atoms. The second-order valence-corrected chi connectivity index (χ2v) is 7.39. The van der Waals surface area contributed by atoms with Gasteiger partial charge < -0.3 is 10.0 Å². The fourth-order valence-electron chi connectivity index (χ4n) is 3.36. The first-order valence-corrected chi connectivity index (χ1v) is 10.7. The molecule has 0 aliphatic carbocycles. The fraction of sp³-hybridized carbons (Fsp3) is 0.739. The quantitative estimate of drug-likeness (QED) is 0.352. The predicted molar refractivity (Wildman–Crippen MR) is 110 cm³/mol. The van der Waals surface area contributed by atoms with E-state index in [1.165, 1.54) is 77.3 Å². The number of hydrogen-bond donors (Lipinski definition) is 1. The lowest BCUT2D eigenvalue weighted by Crippen LogP contribution is -2.28. The number of rotatable bonds is 16. The maximum atomic E-state index is 10.4. The van der Waals surface area contributed by atoms with E-state index in [0.717, 1.165) is 18.5 Å². The number of unbranched alkanes of at least 4 members (excludes halogenated alkanes) is 8. The molecule has 1 atom stereocenters. The molecule has 1 aromatic carbocycles. The SMILES string of the molecule is CCCCCCCN(CCCCCCC)CC[C@H](O)c1ccccc1. The summed E-state index contributed by atoms with van der Waals surface area (Å²) < 4.78 is 0. The number of benzene rings is 1. The van der Waals surface area contributed by atoms with Crippen molar-refractivity contribution in [1.29, 1.82) is 0 Å². The topological polar surface area (TPSA) is 23.5 Å². The number of aliphatic hydroxyl groups is 1. The highest BCUT2D eigenvalue weighted by atomic mass is 16.3. The molecule has 25 heavy (non-hydrogen) atoms. The van der Waals surface area contributed by atoms with Crippen molar-refractivity contribution in [3.05, 3.63) is 35.9 Å². The summed E-state index contributed by atoms with van der Waals surface area (Å²) in [6.45, 7) is 7.94. The summed E-state index contributed by atoms with van der Waals surface area (Å²) >= 11 is 0. The van der Waals surface area contributed by atoms with E-state index in [4.69, 9.17) is 0 Å². The normalized spacial score (nSPS) is 12.6. The maximum absolute atomic E-state index is 10.4. The molecule has 0 bridgehead atoms. The standard InChI is InChI=1S/C23H41NO/c1-3-5-7-9-14-19-24(20-15-10-8-6-4-2)21-18-23(25)22-16-12-11-13-17-22/h11-13,16-17,23,25H,3-10,14-15,18-21H2,1-2H3/t23-/m0/s1. The molecule has 1 N–H and O–H groups in total. The number of hydrogen-bond acceptors (Lipinski definition) is 2. The number of nitrogens with zero attached hydrogens (tertiary/aromatic N) is 1. The van der Waals surface area contributed by atoms with Crippen molar-refractivity contribution in [2.75, 3.05) is 19.6 Å². The zero-order valence-electron chi connectivity index (χ0n) is 16.8. The van der Waals surface area contributed by atoms with Crippen LogP contribution < -0.4 is 0 Å². The molecule has 0 radical (unpaired) electrons. The van der Waals surface area contributed by atoms with Gasteiger partial charge >= 0.3 is 0 Å². The summed E-state index contributed by atoms with van der Waals surface area (Å²) in [6.07, 6.45) is 13.9. The highest BCUT2D eigenvalue weighted by Crippen LogP contribution is 2.17. The van der Waals surface area contributed by atoms with Crippen molar-refractivity contribution >= 4 is 0 Å². The van der Waals surface area contributed by atoms with E-state index >= 15 is 0 Å². The van der Waals surface area contributed by atoms with Gasteiger partial charge in [-0.25, -0.2) is 0 Å². The molecule has 0 aromatic heterocycles. The van der Waals surface area contributed by atoms with Gasteiger partial charge in [-0.1, -0.05) is 95.5 Å². The molecule has 0 saturated heterocycles. The van der Waals surface area contributed by atoms with Gasteiger partial charge in [-0.2, -0.15) is 0 Å². The van der Waals surface area contributed by atoms with Gasteiger partial charge in [0.15, 0.2) is 0 Å². The lowest BCUT2D eigenvalue weighted by molar-refractivity contribution is 0.140. The second-order valence-electron chi connectivity index (χ2n) is 7.39. The van der Waals surface area contributed by atoms with E-state index in [1.807, 2.05) is 30.3 Å². The monoisotopic (exact) mass is 347 g/mol. The van der Waals surface area contributed by atoms with Crippen molar-refractivity contribution in [3.8, 4) is 0 Å². The Balaban J connectivity index is 2.32. The van der Waals surface area contributed by atoms with Crippen molar-refractivity contribution in [2.45, 2.75) is 90.6 Å². The van der Waals surface area contributed by atoms with E-state index in [1.54, 1.807) is 0 Å². The molecule has 0 heterocycles. The Morgan fingerprint density at radius 1 is 0.720 bits per heavy atom. The fourth-order valence-corrected chi connectivity index (χ4v) is 3.36. The van der Waals surface area contributed by atoms with Gasteiger partial charge in [-0.05, 0) is 37.9 Å². The zero-order valence-corrected chi connectivity index (χ0v) is 16.8. The van der Waals surface area contributed by atoms with Gasteiger partial charge in [0.25, 0.3) is 0 Å². The summed E-state index contributed by atoms with van der Waals surface area (Å²) in [7, 11) is 0. The van der Waals surface area contributed by atoms with Crippen LogP contribution in [0.4, 0.5) is 0 Å². The Bertz CT molecular complexity index is 378. The third-order valence-electron chi connectivity index (χ3n) is 5.06. The summed E-state index contributed by atoms with van der Waals surface area (Å²) in [5.74, 6) is 0. The molecule has 0 fully saturated rings. The van der Waals surface area contributed by atoms with Crippen LogP contribution in [-0.4, -0.2) is 29.6 Å². The van der Waals surface area contributed by atoms with Crippen LogP contribution in [0.3, 0.4) is 0 Å².